The first-order valence-electron chi connectivity index (χ1n) is 5.95. The molecule has 1 atom stereocenters. The van der Waals surface area contributed by atoms with E-state index in [-0.39, 0.29) is 0 Å². The molecule has 1 unspecified atom stereocenters. The minimum Gasteiger partial charge on any atom is -0.312 e. The third kappa shape index (κ3) is 3.66. The molecule has 86 valence electrons. The van der Waals surface area contributed by atoms with Crippen molar-refractivity contribution < 1.29 is 0 Å². The smallest absolute Gasteiger partial charge is 0.0406 e. The normalized spacial score (nSPS) is 19.9. The summed E-state index contributed by atoms with van der Waals surface area (Å²) in [5.74, 6) is 0.817. The number of benzene rings is 1. The molecule has 1 N–H and O–H groups in total. The van der Waals surface area contributed by atoms with E-state index in [2.05, 4.69) is 29.6 Å². The van der Waals surface area contributed by atoms with Crippen LogP contribution in [0.2, 0.25) is 5.02 Å². The second-order valence-electron chi connectivity index (χ2n) is 4.41. The minimum absolute atomic E-state index is 0.807. The number of nitrogens with one attached hydrogen (secondary N) is 1. The van der Waals surface area contributed by atoms with Crippen LogP contribution in [0.3, 0.4) is 0 Å². The van der Waals surface area contributed by atoms with Crippen LogP contribution in [0.25, 0.3) is 0 Å². The Balaban J connectivity index is 1.71. The highest BCUT2D eigenvalue weighted by Crippen LogP contribution is 2.17. The lowest BCUT2D eigenvalue weighted by molar-refractivity contribution is 0.440. The van der Waals surface area contributed by atoms with Gasteiger partial charge in [0.25, 0.3) is 0 Å². The summed E-state index contributed by atoms with van der Waals surface area (Å²) in [6.45, 7) is 2.06. The summed E-state index contributed by atoms with van der Waals surface area (Å²) in [5, 5.41) is 4.32. The Kier molecular flexibility index (Phi) is 4.44. The van der Waals surface area contributed by atoms with Crippen LogP contribution < -0.4 is 5.32 Å². The Labute approximate surface area is 103 Å². The fourth-order valence-electron chi connectivity index (χ4n) is 2.06. The number of halogens is 1. The van der Waals surface area contributed by atoms with Crippen LogP contribution >= 0.6 is 11.6 Å². The second kappa shape index (κ2) is 6.07. The Morgan fingerprint density at radius 3 is 2.69 bits per heavy atom. The van der Waals surface area contributed by atoms with Crippen LogP contribution in [0.4, 0.5) is 0 Å². The van der Waals surface area contributed by atoms with Gasteiger partial charge in [-0.25, -0.2) is 0 Å². The highest BCUT2D eigenvalue weighted by molar-refractivity contribution is 6.30. The predicted molar refractivity (Wildman–Crippen MR) is 69.6 cm³/mol. The lowest BCUT2D eigenvalue weighted by atomic mass is 9.94. The van der Waals surface area contributed by atoms with Crippen LogP contribution in [-0.4, -0.2) is 6.54 Å². The third-order valence-electron chi connectivity index (χ3n) is 3.05. The zero-order valence-corrected chi connectivity index (χ0v) is 10.2. The molecule has 1 aliphatic carbocycles. The van der Waals surface area contributed by atoms with Gasteiger partial charge in [0, 0.05) is 11.6 Å². The van der Waals surface area contributed by atoms with Crippen LogP contribution in [-0.2, 0) is 6.54 Å². The lowest BCUT2D eigenvalue weighted by Gasteiger charge is -2.18. The van der Waals surface area contributed by atoms with Gasteiger partial charge in [0.2, 0.25) is 0 Å². The zero-order valence-electron chi connectivity index (χ0n) is 9.45. The van der Waals surface area contributed by atoms with Crippen LogP contribution in [0.15, 0.2) is 36.4 Å². The van der Waals surface area contributed by atoms with E-state index in [4.69, 9.17) is 11.6 Å². The monoisotopic (exact) mass is 235 g/mol. The van der Waals surface area contributed by atoms with Gasteiger partial charge in [-0.2, -0.15) is 0 Å². The summed E-state index contributed by atoms with van der Waals surface area (Å²) in [6, 6.07) is 8.05. The van der Waals surface area contributed by atoms with E-state index in [1.165, 1.54) is 24.8 Å². The molecule has 0 amide bonds. The molecule has 1 aromatic rings. The molecule has 0 heterocycles. The van der Waals surface area contributed by atoms with Crippen molar-refractivity contribution in [2.75, 3.05) is 6.54 Å². The van der Waals surface area contributed by atoms with Gasteiger partial charge in [-0.1, -0.05) is 35.9 Å². The van der Waals surface area contributed by atoms with Crippen LogP contribution in [0.5, 0.6) is 0 Å². The van der Waals surface area contributed by atoms with Crippen molar-refractivity contribution in [1.82, 2.24) is 5.32 Å². The molecule has 2 rings (SSSR count). The van der Waals surface area contributed by atoms with Crippen LogP contribution in [0, 0.1) is 5.92 Å². The van der Waals surface area contributed by atoms with Gasteiger partial charge in [-0.05, 0) is 49.4 Å². The first-order valence-corrected chi connectivity index (χ1v) is 6.32. The molecular weight excluding hydrogens is 218 g/mol. The first kappa shape index (κ1) is 11.7. The molecule has 0 radical (unpaired) electrons. The topological polar surface area (TPSA) is 12.0 Å². The van der Waals surface area contributed by atoms with E-state index in [0.717, 1.165) is 24.0 Å². The van der Waals surface area contributed by atoms with Crippen molar-refractivity contribution in [2.45, 2.75) is 25.8 Å². The molecule has 0 saturated heterocycles. The minimum atomic E-state index is 0.807. The molecule has 0 aromatic heterocycles. The molecule has 2 heteroatoms. The lowest BCUT2D eigenvalue weighted by Crippen LogP contribution is -2.23. The van der Waals surface area contributed by atoms with Gasteiger partial charge < -0.3 is 5.32 Å². The maximum atomic E-state index is 5.84. The van der Waals surface area contributed by atoms with Crippen molar-refractivity contribution in [2.24, 2.45) is 5.92 Å². The molecule has 0 aliphatic heterocycles. The second-order valence-corrected chi connectivity index (χ2v) is 4.84. The van der Waals surface area contributed by atoms with Gasteiger partial charge in [-0.3, -0.25) is 0 Å². The van der Waals surface area contributed by atoms with E-state index in [1.807, 2.05) is 12.1 Å². The molecule has 0 saturated carbocycles. The van der Waals surface area contributed by atoms with Gasteiger partial charge in [0.05, 0.1) is 0 Å². The Morgan fingerprint density at radius 1 is 1.19 bits per heavy atom. The van der Waals surface area contributed by atoms with E-state index in [1.54, 1.807) is 0 Å². The quantitative estimate of drug-likeness (QED) is 0.784. The number of rotatable bonds is 4. The average Bonchev–Trinajstić information content (AvgIpc) is 2.33. The summed E-state index contributed by atoms with van der Waals surface area (Å²) in [5.41, 5.74) is 1.30. The van der Waals surface area contributed by atoms with Crippen molar-refractivity contribution in [3.05, 3.63) is 47.0 Å². The Hall–Kier alpha value is -0.790. The van der Waals surface area contributed by atoms with Crippen molar-refractivity contribution in [3.63, 3.8) is 0 Å². The van der Waals surface area contributed by atoms with E-state index < -0.39 is 0 Å². The van der Waals surface area contributed by atoms with Gasteiger partial charge in [0.1, 0.15) is 0 Å². The highest BCUT2D eigenvalue weighted by Gasteiger charge is 2.08. The summed E-state index contributed by atoms with van der Waals surface area (Å²) < 4.78 is 0. The SMILES string of the molecule is Clc1ccc(CNCC2CC=CCC2)cc1. The zero-order chi connectivity index (χ0) is 11.2. The summed E-state index contributed by atoms with van der Waals surface area (Å²) in [4.78, 5) is 0. The van der Waals surface area contributed by atoms with E-state index in [0.29, 0.717) is 0 Å². The summed E-state index contributed by atoms with van der Waals surface area (Å²) in [6.07, 6.45) is 8.39. The predicted octanol–water partition coefficient (Wildman–Crippen LogP) is 3.79. The molecule has 0 bridgehead atoms. The summed E-state index contributed by atoms with van der Waals surface area (Å²) in [7, 11) is 0. The van der Waals surface area contributed by atoms with Crippen molar-refractivity contribution in [1.29, 1.82) is 0 Å². The maximum Gasteiger partial charge on any atom is 0.0406 e. The third-order valence-corrected chi connectivity index (χ3v) is 3.31. The average molecular weight is 236 g/mol. The molecule has 16 heavy (non-hydrogen) atoms. The standard InChI is InChI=1S/C14H18ClN/c15-14-8-6-13(7-9-14)11-16-10-12-4-2-1-3-5-12/h1-2,6-9,12,16H,3-5,10-11H2. The number of allylic oxidation sites excluding steroid dienone is 2. The fourth-order valence-corrected chi connectivity index (χ4v) is 2.19. The van der Waals surface area contributed by atoms with Crippen molar-refractivity contribution >= 4 is 11.6 Å². The molecule has 0 fully saturated rings. The number of hydrogen-bond donors (Lipinski definition) is 1. The Bertz CT molecular complexity index is 342. The van der Waals surface area contributed by atoms with Gasteiger partial charge in [0.15, 0.2) is 0 Å². The van der Waals surface area contributed by atoms with Crippen LogP contribution in [0.1, 0.15) is 24.8 Å². The highest BCUT2D eigenvalue weighted by atomic mass is 35.5. The largest absolute Gasteiger partial charge is 0.312 e. The van der Waals surface area contributed by atoms with Gasteiger partial charge in [-0.15, -0.1) is 0 Å². The number of hydrogen-bond acceptors (Lipinski definition) is 1. The Morgan fingerprint density at radius 2 is 2.00 bits per heavy atom. The molecule has 0 spiro atoms. The molecule has 1 nitrogen and oxygen atoms in total. The first-order chi connectivity index (χ1) is 7.84. The maximum absolute atomic E-state index is 5.84. The fraction of sp³-hybridized carbons (Fsp3) is 0.429. The van der Waals surface area contributed by atoms with Crippen molar-refractivity contribution in [3.8, 4) is 0 Å². The molecular formula is C14H18ClN. The molecule has 1 aromatic carbocycles. The van der Waals surface area contributed by atoms with E-state index in [9.17, 15) is 0 Å². The van der Waals surface area contributed by atoms with E-state index >= 15 is 0 Å². The molecule has 1 aliphatic rings. The summed E-state index contributed by atoms with van der Waals surface area (Å²) >= 11 is 5.84. The van der Waals surface area contributed by atoms with Gasteiger partial charge >= 0.3 is 0 Å².